The molecule has 8 nitrogen and oxygen atoms in total. The molecule has 0 saturated carbocycles. The van der Waals surface area contributed by atoms with Crippen LogP contribution >= 0.6 is 27.7 Å². The van der Waals surface area contributed by atoms with E-state index in [9.17, 15) is 9.59 Å². The van der Waals surface area contributed by atoms with Gasteiger partial charge in [0, 0.05) is 29.9 Å². The van der Waals surface area contributed by atoms with Crippen LogP contribution in [0.2, 0.25) is 0 Å². The van der Waals surface area contributed by atoms with Crippen LogP contribution in [0.3, 0.4) is 0 Å². The molecule has 0 unspecified atom stereocenters. The van der Waals surface area contributed by atoms with Crippen LogP contribution in [0.1, 0.15) is 5.56 Å². The minimum Gasteiger partial charge on any atom is -0.493 e. The molecule has 0 bridgehead atoms. The van der Waals surface area contributed by atoms with Crippen molar-refractivity contribution in [3.8, 4) is 22.9 Å². The second-order valence-corrected chi connectivity index (χ2v) is 9.12. The van der Waals surface area contributed by atoms with Crippen LogP contribution in [-0.4, -0.2) is 33.3 Å². The largest absolute Gasteiger partial charge is 0.493 e. The van der Waals surface area contributed by atoms with Gasteiger partial charge in [0.1, 0.15) is 10.4 Å². The van der Waals surface area contributed by atoms with Crippen molar-refractivity contribution in [2.45, 2.75) is 10.8 Å². The van der Waals surface area contributed by atoms with Gasteiger partial charge in [-0.2, -0.15) is 0 Å². The summed E-state index contributed by atoms with van der Waals surface area (Å²) >= 11 is 4.86. The van der Waals surface area contributed by atoms with Gasteiger partial charge in [0.15, 0.2) is 23.0 Å². The molecule has 170 valence electrons. The van der Waals surface area contributed by atoms with E-state index in [1.54, 1.807) is 33.4 Å². The lowest BCUT2D eigenvalue weighted by atomic mass is 10.2. The van der Waals surface area contributed by atoms with E-state index in [0.717, 1.165) is 14.6 Å². The van der Waals surface area contributed by atoms with Crippen LogP contribution in [0.4, 0.5) is 0 Å². The zero-order valence-corrected chi connectivity index (χ0v) is 20.9. The number of hydrogen-bond donors (Lipinski definition) is 0. The lowest BCUT2D eigenvalue weighted by Gasteiger charge is -2.13. The van der Waals surface area contributed by atoms with Gasteiger partial charge in [-0.1, -0.05) is 28.1 Å². The maximum atomic E-state index is 13.0. The Balaban J connectivity index is 1.91. The second-order valence-electron chi connectivity index (χ2n) is 7.24. The summed E-state index contributed by atoms with van der Waals surface area (Å²) < 4.78 is 14.2. The number of thioether (sulfide) groups is 1. The molecule has 0 aliphatic carbocycles. The van der Waals surface area contributed by atoms with Crippen LogP contribution in [0, 0.1) is 0 Å². The lowest BCUT2D eigenvalue weighted by Crippen LogP contribution is -2.37. The average molecular weight is 529 g/mol. The van der Waals surface area contributed by atoms with Gasteiger partial charge in [-0.05, 0) is 35.9 Å². The predicted molar refractivity (Wildman–Crippen MR) is 132 cm³/mol. The molecule has 2 aromatic heterocycles. The highest BCUT2D eigenvalue weighted by atomic mass is 79.9. The summed E-state index contributed by atoms with van der Waals surface area (Å²) in [5.41, 5.74) is 1.15. The monoisotopic (exact) mass is 528 g/mol. The number of benzene rings is 2. The molecule has 33 heavy (non-hydrogen) atoms. The Morgan fingerprint density at radius 3 is 2.30 bits per heavy atom. The molecular weight excluding hydrogens is 508 g/mol. The molecule has 0 spiro atoms. The van der Waals surface area contributed by atoms with Crippen LogP contribution < -0.4 is 20.7 Å². The van der Waals surface area contributed by atoms with Crippen LogP contribution in [0.15, 0.2) is 61.6 Å². The number of rotatable bonds is 6. The molecule has 4 rings (SSSR count). The van der Waals surface area contributed by atoms with E-state index in [1.165, 1.54) is 23.4 Å². The minimum atomic E-state index is -0.451. The van der Waals surface area contributed by atoms with Crippen molar-refractivity contribution in [1.29, 1.82) is 0 Å². The Bertz CT molecular complexity index is 1470. The van der Waals surface area contributed by atoms with Crippen LogP contribution in [0.5, 0.6) is 11.5 Å². The van der Waals surface area contributed by atoms with Crippen molar-refractivity contribution in [3.63, 3.8) is 0 Å². The maximum absolute atomic E-state index is 13.0. The zero-order valence-electron chi connectivity index (χ0n) is 18.5. The van der Waals surface area contributed by atoms with Crippen molar-refractivity contribution in [2.75, 3.05) is 14.2 Å². The molecule has 0 aliphatic heterocycles. The fourth-order valence-corrected chi connectivity index (χ4v) is 4.60. The maximum Gasteiger partial charge on any atom is 0.332 e. The van der Waals surface area contributed by atoms with E-state index in [2.05, 4.69) is 20.9 Å². The molecule has 0 aliphatic rings. The first kappa shape index (κ1) is 23.1. The quantitative estimate of drug-likeness (QED) is 0.278. The summed E-state index contributed by atoms with van der Waals surface area (Å²) in [7, 11) is 6.16. The first-order chi connectivity index (χ1) is 15.8. The fourth-order valence-electron chi connectivity index (χ4n) is 3.37. The van der Waals surface area contributed by atoms with Gasteiger partial charge in [0.05, 0.1) is 14.2 Å². The van der Waals surface area contributed by atoms with Gasteiger partial charge in [0.25, 0.3) is 5.56 Å². The van der Waals surface area contributed by atoms with Crippen molar-refractivity contribution < 1.29 is 9.47 Å². The highest BCUT2D eigenvalue weighted by Gasteiger charge is 2.19. The van der Waals surface area contributed by atoms with E-state index in [-0.39, 0.29) is 5.65 Å². The third kappa shape index (κ3) is 4.40. The summed E-state index contributed by atoms with van der Waals surface area (Å²) in [5.74, 6) is 2.08. The van der Waals surface area contributed by atoms with E-state index in [0.29, 0.717) is 39.1 Å². The molecular formula is C23H21BrN4O4S. The molecule has 2 aromatic carbocycles. The van der Waals surface area contributed by atoms with E-state index in [4.69, 9.17) is 14.5 Å². The first-order valence-corrected chi connectivity index (χ1v) is 11.7. The Morgan fingerprint density at radius 1 is 0.939 bits per heavy atom. The van der Waals surface area contributed by atoms with Crippen molar-refractivity contribution in [3.05, 3.63) is 73.3 Å². The molecule has 0 atom stereocenters. The topological polar surface area (TPSA) is 88.2 Å². The molecule has 4 aromatic rings. The summed E-state index contributed by atoms with van der Waals surface area (Å²) in [6, 6.07) is 13.3. The third-order valence-electron chi connectivity index (χ3n) is 5.20. The van der Waals surface area contributed by atoms with E-state index < -0.39 is 11.2 Å². The molecule has 0 amide bonds. The Morgan fingerprint density at radius 2 is 1.64 bits per heavy atom. The Labute approximate surface area is 202 Å². The molecule has 0 fully saturated rings. The summed E-state index contributed by atoms with van der Waals surface area (Å²) in [5, 5.41) is 0.815. The molecule has 10 heteroatoms. The number of halogens is 1. The smallest absolute Gasteiger partial charge is 0.332 e. The van der Waals surface area contributed by atoms with Crippen LogP contribution in [0.25, 0.3) is 22.4 Å². The number of ether oxygens (including phenoxy) is 2. The van der Waals surface area contributed by atoms with Gasteiger partial charge >= 0.3 is 5.69 Å². The Hall–Kier alpha value is -3.11. The van der Waals surface area contributed by atoms with E-state index in [1.807, 2.05) is 30.3 Å². The average Bonchev–Trinajstić information content (AvgIpc) is 2.84. The van der Waals surface area contributed by atoms with Crippen molar-refractivity contribution >= 4 is 38.7 Å². The Kier molecular flexibility index (Phi) is 6.57. The van der Waals surface area contributed by atoms with E-state index >= 15 is 0 Å². The number of fused-ring (bicyclic) bond motifs is 1. The van der Waals surface area contributed by atoms with Gasteiger partial charge in [-0.25, -0.2) is 14.8 Å². The lowest BCUT2D eigenvalue weighted by molar-refractivity contribution is 0.355. The number of aromatic nitrogens is 4. The van der Waals surface area contributed by atoms with Gasteiger partial charge < -0.3 is 9.47 Å². The summed E-state index contributed by atoms with van der Waals surface area (Å²) in [6.45, 7) is 0. The fraction of sp³-hybridized carbons (Fsp3) is 0.217. The number of methoxy groups -OCH3 is 2. The number of aryl methyl sites for hydroxylation is 1. The summed E-state index contributed by atoms with van der Waals surface area (Å²) in [4.78, 5) is 34.9. The normalized spacial score (nSPS) is 11.1. The molecule has 0 saturated heterocycles. The standard InChI is InChI=1S/C23H21BrN4O4S/c1-27-20-18(22(29)28(2)23(27)30)21(33-12-13-5-8-15(24)9-6-13)26-19(25-20)14-7-10-16(31-3)17(11-14)32-4/h5-11H,12H2,1-4H3. The minimum absolute atomic E-state index is 0.279. The predicted octanol–water partition coefficient (Wildman–Crippen LogP) is 3.77. The van der Waals surface area contributed by atoms with Gasteiger partial charge in [-0.3, -0.25) is 13.9 Å². The highest BCUT2D eigenvalue weighted by molar-refractivity contribution is 9.10. The number of hydrogen-bond acceptors (Lipinski definition) is 7. The van der Waals surface area contributed by atoms with Crippen molar-refractivity contribution in [2.24, 2.45) is 14.1 Å². The molecule has 2 heterocycles. The molecule has 0 radical (unpaired) electrons. The third-order valence-corrected chi connectivity index (χ3v) is 6.77. The second kappa shape index (κ2) is 9.40. The highest BCUT2D eigenvalue weighted by Crippen LogP contribution is 2.33. The zero-order chi connectivity index (χ0) is 23.7. The van der Waals surface area contributed by atoms with Crippen LogP contribution in [-0.2, 0) is 19.8 Å². The SMILES string of the molecule is COc1ccc(-c2nc(SCc3ccc(Br)cc3)c3c(=O)n(C)c(=O)n(C)c3n2)cc1OC. The summed E-state index contributed by atoms with van der Waals surface area (Å²) in [6.07, 6.45) is 0. The molecule has 0 N–H and O–H groups in total. The van der Waals surface area contributed by atoms with Gasteiger partial charge in [-0.15, -0.1) is 11.8 Å². The van der Waals surface area contributed by atoms with Gasteiger partial charge in [0.2, 0.25) is 0 Å². The number of nitrogens with zero attached hydrogens (tertiary/aromatic N) is 4. The van der Waals surface area contributed by atoms with Crippen molar-refractivity contribution in [1.82, 2.24) is 19.1 Å². The first-order valence-electron chi connectivity index (χ1n) is 9.91.